The van der Waals surface area contributed by atoms with E-state index >= 15 is 0 Å². The third kappa shape index (κ3) is 3.98. The van der Waals surface area contributed by atoms with Gasteiger partial charge in [0.15, 0.2) is 11.5 Å². The Morgan fingerprint density at radius 3 is 2.58 bits per heavy atom. The number of methoxy groups -OCH3 is 2. The van der Waals surface area contributed by atoms with Crippen molar-refractivity contribution < 1.29 is 14.8 Å². The summed E-state index contributed by atoms with van der Waals surface area (Å²) in [6.45, 7) is 2.13. The van der Waals surface area contributed by atoms with E-state index in [1.165, 1.54) is 11.1 Å². The van der Waals surface area contributed by atoms with Gasteiger partial charge in [-0.25, -0.2) is 0 Å². The highest BCUT2D eigenvalue weighted by Gasteiger charge is 2.05. The number of quaternary nitrogens is 1. The lowest BCUT2D eigenvalue weighted by atomic mass is 10.1. The Kier molecular flexibility index (Phi) is 5.24. The second-order valence-corrected chi connectivity index (χ2v) is 5.13. The Balaban J connectivity index is 1.82. The van der Waals surface area contributed by atoms with E-state index in [9.17, 15) is 0 Å². The normalized spacial score (nSPS) is 10.4. The monoisotopic (exact) mass is 278 g/mol. The molecule has 0 aliphatic rings. The van der Waals surface area contributed by atoms with E-state index in [4.69, 9.17) is 9.47 Å². The third-order valence-corrected chi connectivity index (χ3v) is 3.78. The number of hydrogen-bond acceptors (Lipinski definition) is 3. The molecule has 0 aliphatic carbocycles. The van der Waals surface area contributed by atoms with Gasteiger partial charge in [-0.3, -0.25) is 0 Å². The van der Waals surface area contributed by atoms with Crippen LogP contribution in [0.15, 0.2) is 35.0 Å². The van der Waals surface area contributed by atoms with Crippen LogP contribution in [-0.4, -0.2) is 20.8 Å². The largest absolute Gasteiger partial charge is 0.493 e. The van der Waals surface area contributed by atoms with Crippen LogP contribution in [0.2, 0.25) is 0 Å². The van der Waals surface area contributed by atoms with Gasteiger partial charge in [0.25, 0.3) is 0 Å². The molecule has 0 fully saturated rings. The second kappa shape index (κ2) is 7.16. The zero-order valence-electron chi connectivity index (χ0n) is 11.4. The lowest BCUT2D eigenvalue weighted by molar-refractivity contribution is -0.670. The van der Waals surface area contributed by atoms with Gasteiger partial charge in [-0.1, -0.05) is 6.07 Å². The number of thiophene rings is 1. The highest BCUT2D eigenvalue weighted by molar-refractivity contribution is 7.07. The van der Waals surface area contributed by atoms with Crippen LogP contribution in [0.1, 0.15) is 11.1 Å². The molecule has 0 saturated heterocycles. The van der Waals surface area contributed by atoms with Gasteiger partial charge >= 0.3 is 0 Å². The average molecular weight is 278 g/mol. The van der Waals surface area contributed by atoms with E-state index in [0.717, 1.165) is 31.0 Å². The molecule has 2 aromatic rings. The summed E-state index contributed by atoms with van der Waals surface area (Å²) in [6, 6.07) is 8.29. The molecule has 102 valence electrons. The highest BCUT2D eigenvalue weighted by Crippen LogP contribution is 2.27. The SMILES string of the molecule is COc1ccc(CC[NH2+]Cc2ccsc2)cc1OC. The number of hydrogen-bond donors (Lipinski definition) is 1. The first kappa shape index (κ1) is 13.9. The maximum absolute atomic E-state index is 5.31. The maximum Gasteiger partial charge on any atom is 0.160 e. The van der Waals surface area contributed by atoms with Crippen LogP contribution < -0.4 is 14.8 Å². The van der Waals surface area contributed by atoms with E-state index in [0.29, 0.717) is 0 Å². The van der Waals surface area contributed by atoms with Crippen LogP contribution >= 0.6 is 11.3 Å². The van der Waals surface area contributed by atoms with Gasteiger partial charge in [0.2, 0.25) is 0 Å². The quantitative estimate of drug-likeness (QED) is 0.787. The fourth-order valence-corrected chi connectivity index (χ4v) is 2.66. The summed E-state index contributed by atoms with van der Waals surface area (Å²) < 4.78 is 10.5. The molecule has 0 unspecified atom stereocenters. The van der Waals surface area contributed by atoms with Crippen LogP contribution in [0.3, 0.4) is 0 Å². The molecule has 0 bridgehead atoms. The van der Waals surface area contributed by atoms with Gasteiger partial charge in [-0.15, -0.1) is 0 Å². The predicted octanol–water partition coefficient (Wildman–Crippen LogP) is 2.07. The summed E-state index contributed by atoms with van der Waals surface area (Å²) in [6.07, 6.45) is 1.03. The van der Waals surface area contributed by atoms with E-state index in [1.54, 1.807) is 25.6 Å². The molecule has 0 aliphatic heterocycles. The van der Waals surface area contributed by atoms with Gasteiger partial charge in [0, 0.05) is 12.0 Å². The molecule has 19 heavy (non-hydrogen) atoms. The lowest BCUT2D eigenvalue weighted by Crippen LogP contribution is -2.83. The second-order valence-electron chi connectivity index (χ2n) is 4.35. The standard InChI is InChI=1S/C15H19NO2S/c1-17-14-4-3-12(9-15(14)18-2)5-7-16-10-13-6-8-19-11-13/h3-4,6,8-9,11,16H,5,7,10H2,1-2H3/p+1. The summed E-state index contributed by atoms with van der Waals surface area (Å²) in [7, 11) is 3.33. The zero-order valence-corrected chi connectivity index (χ0v) is 12.2. The molecule has 0 atom stereocenters. The first-order valence-electron chi connectivity index (χ1n) is 6.37. The fourth-order valence-electron chi connectivity index (χ4n) is 1.98. The van der Waals surface area contributed by atoms with Crippen molar-refractivity contribution in [1.29, 1.82) is 0 Å². The van der Waals surface area contributed by atoms with Crippen LogP contribution in [0.4, 0.5) is 0 Å². The topological polar surface area (TPSA) is 35.1 Å². The van der Waals surface area contributed by atoms with Gasteiger partial charge in [0.05, 0.1) is 20.8 Å². The Bertz CT molecular complexity index is 497. The first-order chi connectivity index (χ1) is 9.33. The minimum atomic E-state index is 0.786. The molecule has 4 heteroatoms. The Morgan fingerprint density at radius 2 is 1.89 bits per heavy atom. The summed E-state index contributed by atoms with van der Waals surface area (Å²) >= 11 is 1.75. The first-order valence-corrected chi connectivity index (χ1v) is 7.31. The Hall–Kier alpha value is -1.52. The molecule has 0 amide bonds. The van der Waals surface area contributed by atoms with Gasteiger partial charge in [-0.2, -0.15) is 11.3 Å². The third-order valence-electron chi connectivity index (χ3n) is 3.05. The molecule has 1 aromatic carbocycles. The summed E-state index contributed by atoms with van der Waals surface area (Å²) in [5.74, 6) is 1.59. The maximum atomic E-state index is 5.31. The van der Waals surface area contributed by atoms with Crippen LogP contribution in [0.5, 0.6) is 11.5 Å². The summed E-state index contributed by atoms with van der Waals surface area (Å²) in [5, 5.41) is 6.66. The molecule has 0 spiro atoms. The zero-order chi connectivity index (χ0) is 13.5. The molecule has 0 saturated carbocycles. The van der Waals surface area contributed by atoms with E-state index in [-0.39, 0.29) is 0 Å². The minimum absolute atomic E-state index is 0.786. The van der Waals surface area contributed by atoms with E-state index < -0.39 is 0 Å². The number of benzene rings is 1. The van der Waals surface area contributed by atoms with Gasteiger partial charge < -0.3 is 14.8 Å². The van der Waals surface area contributed by atoms with Crippen molar-refractivity contribution in [3.63, 3.8) is 0 Å². The minimum Gasteiger partial charge on any atom is -0.493 e. The van der Waals surface area contributed by atoms with Crippen LogP contribution in [0, 0.1) is 0 Å². The van der Waals surface area contributed by atoms with Crippen molar-refractivity contribution in [3.05, 3.63) is 46.2 Å². The predicted molar refractivity (Wildman–Crippen MR) is 78.1 cm³/mol. The number of nitrogens with two attached hydrogens (primary N) is 1. The highest BCUT2D eigenvalue weighted by atomic mass is 32.1. The van der Waals surface area contributed by atoms with Crippen molar-refractivity contribution >= 4 is 11.3 Å². The van der Waals surface area contributed by atoms with Crippen molar-refractivity contribution in [2.75, 3.05) is 20.8 Å². The smallest absolute Gasteiger partial charge is 0.160 e. The molecule has 1 aromatic heterocycles. The Labute approximate surface area is 118 Å². The molecule has 0 radical (unpaired) electrons. The van der Waals surface area contributed by atoms with Crippen molar-refractivity contribution in [1.82, 2.24) is 0 Å². The van der Waals surface area contributed by atoms with Crippen LogP contribution in [-0.2, 0) is 13.0 Å². The van der Waals surface area contributed by atoms with Gasteiger partial charge in [0.1, 0.15) is 6.54 Å². The molecule has 3 nitrogen and oxygen atoms in total. The van der Waals surface area contributed by atoms with Crippen molar-refractivity contribution in [2.45, 2.75) is 13.0 Å². The summed E-state index contributed by atoms with van der Waals surface area (Å²) in [4.78, 5) is 0. The van der Waals surface area contributed by atoms with E-state index in [1.807, 2.05) is 6.07 Å². The molecular weight excluding hydrogens is 258 g/mol. The summed E-state index contributed by atoms with van der Waals surface area (Å²) in [5.41, 5.74) is 2.68. The Morgan fingerprint density at radius 1 is 1.05 bits per heavy atom. The lowest BCUT2D eigenvalue weighted by Gasteiger charge is -2.09. The van der Waals surface area contributed by atoms with Crippen molar-refractivity contribution in [3.8, 4) is 11.5 Å². The fraction of sp³-hybridized carbons (Fsp3) is 0.333. The molecule has 1 heterocycles. The number of ether oxygens (including phenoxy) is 2. The average Bonchev–Trinajstić information content (AvgIpc) is 2.96. The molecular formula is C15H20NO2S+. The van der Waals surface area contributed by atoms with Gasteiger partial charge in [-0.05, 0) is 34.5 Å². The van der Waals surface area contributed by atoms with Crippen molar-refractivity contribution in [2.24, 2.45) is 0 Å². The van der Waals surface area contributed by atoms with E-state index in [2.05, 4.69) is 34.3 Å². The number of rotatable bonds is 7. The molecule has 2 rings (SSSR count). The van der Waals surface area contributed by atoms with Crippen LogP contribution in [0.25, 0.3) is 0 Å². The molecule has 2 N–H and O–H groups in total.